The molecule has 1 aromatic carbocycles. The van der Waals surface area contributed by atoms with Crippen LogP contribution in [-0.2, 0) is 17.8 Å². The van der Waals surface area contributed by atoms with E-state index in [0.29, 0.717) is 6.54 Å². The van der Waals surface area contributed by atoms with Gasteiger partial charge < -0.3 is 10.6 Å². The molecule has 0 unspecified atom stereocenters. The zero-order valence-corrected chi connectivity index (χ0v) is 11.1. The molecule has 1 heterocycles. The minimum atomic E-state index is 0.185. The van der Waals surface area contributed by atoms with Crippen molar-refractivity contribution in [3.8, 4) is 0 Å². The Bertz CT molecular complexity index is 445. The Morgan fingerprint density at radius 3 is 2.94 bits per heavy atom. The summed E-state index contributed by atoms with van der Waals surface area (Å²) in [6, 6.07) is 6.07. The van der Waals surface area contributed by atoms with Crippen LogP contribution in [0.3, 0.4) is 0 Å². The highest BCUT2D eigenvalue weighted by Gasteiger charge is 2.19. The third-order valence-corrected chi connectivity index (χ3v) is 3.58. The first kappa shape index (κ1) is 12.9. The summed E-state index contributed by atoms with van der Waals surface area (Å²) >= 11 is 0. The highest BCUT2D eigenvalue weighted by atomic mass is 16.2. The predicted molar refractivity (Wildman–Crippen MR) is 73.1 cm³/mol. The van der Waals surface area contributed by atoms with E-state index in [1.807, 2.05) is 26.1 Å². The van der Waals surface area contributed by atoms with Crippen LogP contribution < -0.4 is 5.73 Å². The van der Waals surface area contributed by atoms with Gasteiger partial charge in [0.1, 0.15) is 0 Å². The van der Waals surface area contributed by atoms with E-state index in [2.05, 4.69) is 11.0 Å². The number of carbonyl (C=O) groups is 1. The lowest BCUT2D eigenvalue weighted by molar-refractivity contribution is -0.131. The van der Waals surface area contributed by atoms with Gasteiger partial charge in [0.15, 0.2) is 0 Å². The maximum Gasteiger partial charge on any atom is 0.236 e. The molecule has 98 valence electrons. The number of carbonyl (C=O) groups excluding carboxylic acids is 1. The molecular formula is C14H21N3O. The van der Waals surface area contributed by atoms with Crippen LogP contribution in [0.4, 0.5) is 5.69 Å². The fourth-order valence-electron chi connectivity index (χ4n) is 2.26. The number of amides is 1. The van der Waals surface area contributed by atoms with E-state index in [-0.39, 0.29) is 5.91 Å². The summed E-state index contributed by atoms with van der Waals surface area (Å²) in [5.74, 6) is 0.185. The monoisotopic (exact) mass is 247 g/mol. The third-order valence-electron chi connectivity index (χ3n) is 3.58. The summed E-state index contributed by atoms with van der Waals surface area (Å²) in [6.07, 6.45) is 0.999. The molecule has 0 bridgehead atoms. The molecule has 0 fully saturated rings. The van der Waals surface area contributed by atoms with Crippen LogP contribution in [0.1, 0.15) is 18.1 Å². The van der Waals surface area contributed by atoms with Gasteiger partial charge in [-0.1, -0.05) is 6.07 Å². The molecule has 0 saturated heterocycles. The van der Waals surface area contributed by atoms with Crippen molar-refractivity contribution in [2.45, 2.75) is 19.9 Å². The van der Waals surface area contributed by atoms with E-state index in [1.165, 1.54) is 11.1 Å². The standard InChI is InChI=1S/C14H21N3O/c1-3-16(2)14(18)10-17-7-6-11-4-5-13(15)8-12(11)9-17/h4-5,8H,3,6-7,9-10,15H2,1-2H3. The molecule has 1 aliphatic rings. The number of likely N-dealkylation sites (N-methyl/N-ethyl adjacent to an activating group) is 1. The zero-order chi connectivity index (χ0) is 13.1. The van der Waals surface area contributed by atoms with Crippen LogP contribution in [-0.4, -0.2) is 42.4 Å². The molecule has 1 amide bonds. The van der Waals surface area contributed by atoms with E-state index in [0.717, 1.165) is 31.7 Å². The van der Waals surface area contributed by atoms with Gasteiger partial charge in [-0.3, -0.25) is 9.69 Å². The summed E-state index contributed by atoms with van der Waals surface area (Å²) in [7, 11) is 1.85. The van der Waals surface area contributed by atoms with Gasteiger partial charge in [-0.2, -0.15) is 0 Å². The lowest BCUT2D eigenvalue weighted by Crippen LogP contribution is -2.40. The Kier molecular flexibility index (Phi) is 3.87. The quantitative estimate of drug-likeness (QED) is 0.814. The second-order valence-electron chi connectivity index (χ2n) is 4.90. The molecule has 18 heavy (non-hydrogen) atoms. The summed E-state index contributed by atoms with van der Waals surface area (Å²) in [4.78, 5) is 15.8. The van der Waals surface area contributed by atoms with Crippen LogP contribution in [0.2, 0.25) is 0 Å². The molecular weight excluding hydrogens is 226 g/mol. The molecule has 4 heteroatoms. The van der Waals surface area contributed by atoms with E-state index >= 15 is 0 Å². The normalized spacial score (nSPS) is 15.2. The zero-order valence-electron chi connectivity index (χ0n) is 11.1. The number of hydrogen-bond acceptors (Lipinski definition) is 3. The molecule has 1 aromatic rings. The fourth-order valence-corrected chi connectivity index (χ4v) is 2.26. The Balaban J connectivity index is 2.01. The van der Waals surface area contributed by atoms with Crippen LogP contribution in [0, 0.1) is 0 Å². The maximum absolute atomic E-state index is 11.9. The van der Waals surface area contributed by atoms with Crippen LogP contribution in [0.5, 0.6) is 0 Å². The van der Waals surface area contributed by atoms with Gasteiger partial charge in [-0.15, -0.1) is 0 Å². The van der Waals surface area contributed by atoms with E-state index in [9.17, 15) is 4.79 Å². The molecule has 0 spiro atoms. The van der Waals surface area contributed by atoms with Crippen molar-refractivity contribution in [3.05, 3.63) is 29.3 Å². The highest BCUT2D eigenvalue weighted by Crippen LogP contribution is 2.21. The molecule has 0 aliphatic carbocycles. The Morgan fingerprint density at radius 1 is 1.44 bits per heavy atom. The molecule has 2 rings (SSSR count). The van der Waals surface area contributed by atoms with Gasteiger partial charge in [0.2, 0.25) is 5.91 Å². The van der Waals surface area contributed by atoms with Crippen molar-refractivity contribution in [1.29, 1.82) is 0 Å². The first-order valence-corrected chi connectivity index (χ1v) is 6.43. The Labute approximate surface area is 108 Å². The van der Waals surface area contributed by atoms with E-state index < -0.39 is 0 Å². The highest BCUT2D eigenvalue weighted by molar-refractivity contribution is 5.78. The van der Waals surface area contributed by atoms with Gasteiger partial charge in [0.25, 0.3) is 0 Å². The molecule has 2 N–H and O–H groups in total. The average molecular weight is 247 g/mol. The predicted octanol–water partition coefficient (Wildman–Crippen LogP) is 1.11. The topological polar surface area (TPSA) is 49.6 Å². The molecule has 4 nitrogen and oxygen atoms in total. The molecule has 0 atom stereocenters. The summed E-state index contributed by atoms with van der Waals surface area (Å²) in [5.41, 5.74) is 9.22. The first-order chi connectivity index (χ1) is 8.60. The minimum Gasteiger partial charge on any atom is -0.399 e. The van der Waals surface area contributed by atoms with Crippen LogP contribution in [0.25, 0.3) is 0 Å². The lowest BCUT2D eigenvalue weighted by atomic mass is 9.99. The summed E-state index contributed by atoms with van der Waals surface area (Å²) in [5, 5.41) is 0. The van der Waals surface area contributed by atoms with Crippen molar-refractivity contribution in [1.82, 2.24) is 9.80 Å². The summed E-state index contributed by atoms with van der Waals surface area (Å²) in [6.45, 7) is 5.02. The summed E-state index contributed by atoms with van der Waals surface area (Å²) < 4.78 is 0. The molecule has 0 radical (unpaired) electrons. The molecule has 1 aliphatic heterocycles. The number of nitrogens with two attached hydrogens (primary N) is 1. The molecule has 0 aromatic heterocycles. The van der Waals surface area contributed by atoms with E-state index in [4.69, 9.17) is 5.73 Å². The van der Waals surface area contributed by atoms with Gasteiger partial charge in [0, 0.05) is 32.4 Å². The van der Waals surface area contributed by atoms with Gasteiger partial charge in [-0.25, -0.2) is 0 Å². The van der Waals surface area contributed by atoms with Gasteiger partial charge in [-0.05, 0) is 36.6 Å². The number of fused-ring (bicyclic) bond motifs is 1. The van der Waals surface area contributed by atoms with Crippen molar-refractivity contribution in [2.75, 3.05) is 32.4 Å². The average Bonchev–Trinajstić information content (AvgIpc) is 2.37. The number of benzene rings is 1. The number of nitrogens with zero attached hydrogens (tertiary/aromatic N) is 2. The second-order valence-corrected chi connectivity index (χ2v) is 4.90. The number of hydrogen-bond donors (Lipinski definition) is 1. The smallest absolute Gasteiger partial charge is 0.236 e. The number of nitrogen functional groups attached to an aromatic ring is 1. The number of anilines is 1. The Morgan fingerprint density at radius 2 is 2.22 bits per heavy atom. The number of rotatable bonds is 3. The van der Waals surface area contributed by atoms with Gasteiger partial charge in [0.05, 0.1) is 6.54 Å². The SMILES string of the molecule is CCN(C)C(=O)CN1CCc2ccc(N)cc2C1. The van der Waals surface area contributed by atoms with Crippen molar-refractivity contribution >= 4 is 11.6 Å². The van der Waals surface area contributed by atoms with Crippen LogP contribution >= 0.6 is 0 Å². The lowest BCUT2D eigenvalue weighted by Gasteiger charge is -2.29. The second kappa shape index (κ2) is 5.40. The first-order valence-electron chi connectivity index (χ1n) is 6.43. The largest absolute Gasteiger partial charge is 0.399 e. The van der Waals surface area contributed by atoms with Crippen molar-refractivity contribution < 1.29 is 4.79 Å². The van der Waals surface area contributed by atoms with E-state index in [1.54, 1.807) is 4.90 Å². The Hall–Kier alpha value is -1.55. The fraction of sp³-hybridized carbons (Fsp3) is 0.500. The van der Waals surface area contributed by atoms with Crippen molar-refractivity contribution in [2.24, 2.45) is 0 Å². The van der Waals surface area contributed by atoms with Crippen LogP contribution in [0.15, 0.2) is 18.2 Å². The maximum atomic E-state index is 11.9. The molecule has 0 saturated carbocycles. The third kappa shape index (κ3) is 2.82. The van der Waals surface area contributed by atoms with Gasteiger partial charge >= 0.3 is 0 Å². The van der Waals surface area contributed by atoms with Crippen molar-refractivity contribution in [3.63, 3.8) is 0 Å². The minimum absolute atomic E-state index is 0.185.